The number of carbonyl (C=O) groups excluding carboxylic acids is 1. The van der Waals surface area contributed by atoms with E-state index in [0.29, 0.717) is 5.52 Å². The lowest BCUT2D eigenvalue weighted by molar-refractivity contribution is 0.0525. The van der Waals surface area contributed by atoms with Crippen molar-refractivity contribution in [3.05, 3.63) is 39.9 Å². The van der Waals surface area contributed by atoms with Crippen molar-refractivity contribution in [3.8, 4) is 5.75 Å². The molecule has 5 nitrogen and oxygen atoms in total. The molecule has 0 saturated carbocycles. The SMILES string of the molecule is CCOC(=O)c1c(O)c(=O)n(C)c2ccc(F)cc12. The molecule has 100 valence electrons. The van der Waals surface area contributed by atoms with Crippen LogP contribution in [0, 0.1) is 5.82 Å². The molecule has 1 aromatic carbocycles. The zero-order valence-electron chi connectivity index (χ0n) is 10.4. The number of carbonyl (C=O) groups is 1. The van der Waals surface area contributed by atoms with Crippen molar-refractivity contribution in [3.63, 3.8) is 0 Å². The number of benzene rings is 1. The Hall–Kier alpha value is -2.37. The van der Waals surface area contributed by atoms with Crippen molar-refractivity contribution in [2.45, 2.75) is 6.92 Å². The van der Waals surface area contributed by atoms with E-state index in [2.05, 4.69) is 0 Å². The molecular weight excluding hydrogens is 253 g/mol. The van der Waals surface area contributed by atoms with Crippen LogP contribution in [-0.2, 0) is 11.8 Å². The van der Waals surface area contributed by atoms with Crippen LogP contribution in [0.2, 0.25) is 0 Å². The van der Waals surface area contributed by atoms with Gasteiger partial charge in [0.2, 0.25) is 0 Å². The third kappa shape index (κ3) is 2.05. The fraction of sp³-hybridized carbons (Fsp3) is 0.231. The number of ether oxygens (including phenoxy) is 1. The topological polar surface area (TPSA) is 68.5 Å². The van der Waals surface area contributed by atoms with E-state index < -0.39 is 23.1 Å². The van der Waals surface area contributed by atoms with Gasteiger partial charge in [-0.25, -0.2) is 9.18 Å². The van der Waals surface area contributed by atoms with Crippen LogP contribution in [0.5, 0.6) is 5.75 Å². The van der Waals surface area contributed by atoms with Crippen molar-refractivity contribution < 1.29 is 19.0 Å². The Morgan fingerprint density at radius 2 is 2.16 bits per heavy atom. The Morgan fingerprint density at radius 1 is 1.47 bits per heavy atom. The van der Waals surface area contributed by atoms with Crippen LogP contribution in [0.25, 0.3) is 10.9 Å². The number of aromatic hydroxyl groups is 1. The van der Waals surface area contributed by atoms with E-state index in [-0.39, 0.29) is 17.6 Å². The van der Waals surface area contributed by atoms with Crippen molar-refractivity contribution in [2.24, 2.45) is 7.05 Å². The Morgan fingerprint density at radius 3 is 2.79 bits per heavy atom. The number of pyridine rings is 1. The number of nitrogens with zero attached hydrogens (tertiary/aromatic N) is 1. The van der Waals surface area contributed by atoms with Gasteiger partial charge in [0.15, 0.2) is 5.75 Å². The number of aryl methyl sites for hydroxylation is 1. The molecule has 2 rings (SSSR count). The van der Waals surface area contributed by atoms with Gasteiger partial charge in [-0.05, 0) is 25.1 Å². The molecule has 0 fully saturated rings. The molecule has 1 heterocycles. The van der Waals surface area contributed by atoms with Gasteiger partial charge in [-0.3, -0.25) is 4.79 Å². The van der Waals surface area contributed by atoms with Crippen LogP contribution < -0.4 is 5.56 Å². The molecule has 0 spiro atoms. The average Bonchev–Trinajstić information content (AvgIpc) is 2.36. The molecule has 0 unspecified atom stereocenters. The Labute approximate surface area is 107 Å². The number of hydrogen-bond acceptors (Lipinski definition) is 4. The highest BCUT2D eigenvalue weighted by molar-refractivity contribution is 6.05. The smallest absolute Gasteiger partial charge is 0.342 e. The van der Waals surface area contributed by atoms with E-state index in [0.717, 1.165) is 10.6 Å². The molecule has 0 aliphatic carbocycles. The molecule has 6 heteroatoms. The summed E-state index contributed by atoms with van der Waals surface area (Å²) in [5.74, 6) is -2.16. The van der Waals surface area contributed by atoms with Crippen LogP contribution in [-0.4, -0.2) is 22.2 Å². The molecule has 2 aromatic rings. The zero-order chi connectivity index (χ0) is 14.2. The van der Waals surface area contributed by atoms with E-state index in [9.17, 15) is 19.1 Å². The second-order valence-corrected chi connectivity index (χ2v) is 3.97. The summed E-state index contributed by atoms with van der Waals surface area (Å²) in [4.78, 5) is 23.6. The van der Waals surface area contributed by atoms with Crippen molar-refractivity contribution in [1.82, 2.24) is 4.57 Å². The first-order chi connectivity index (χ1) is 8.97. The Balaban J connectivity index is 2.91. The predicted molar refractivity (Wildman–Crippen MR) is 66.8 cm³/mol. The van der Waals surface area contributed by atoms with Gasteiger partial charge in [0.25, 0.3) is 5.56 Å². The van der Waals surface area contributed by atoms with Crippen LogP contribution in [0.3, 0.4) is 0 Å². The van der Waals surface area contributed by atoms with Crippen molar-refractivity contribution in [2.75, 3.05) is 6.61 Å². The zero-order valence-corrected chi connectivity index (χ0v) is 10.4. The van der Waals surface area contributed by atoms with Crippen LogP contribution in [0.15, 0.2) is 23.0 Å². The summed E-state index contributed by atoms with van der Waals surface area (Å²) < 4.78 is 19.2. The number of rotatable bonds is 2. The lowest BCUT2D eigenvalue weighted by Crippen LogP contribution is -2.21. The maximum Gasteiger partial charge on any atom is 0.342 e. The van der Waals surface area contributed by atoms with E-state index in [1.165, 1.54) is 19.2 Å². The standard InChI is InChI=1S/C13H12FNO4/c1-3-19-13(18)10-8-6-7(14)4-5-9(8)15(2)12(17)11(10)16/h4-6,16H,3H2,1-2H3. The molecule has 0 radical (unpaired) electrons. The van der Waals surface area contributed by atoms with Gasteiger partial charge in [-0.1, -0.05) is 0 Å². The van der Waals surface area contributed by atoms with E-state index in [4.69, 9.17) is 4.74 Å². The van der Waals surface area contributed by atoms with E-state index >= 15 is 0 Å². The third-order valence-electron chi connectivity index (χ3n) is 2.81. The molecule has 0 bridgehead atoms. The lowest BCUT2D eigenvalue weighted by Gasteiger charge is -2.11. The highest BCUT2D eigenvalue weighted by Gasteiger charge is 2.21. The van der Waals surface area contributed by atoms with Crippen LogP contribution >= 0.6 is 0 Å². The molecule has 1 N–H and O–H groups in total. The number of halogens is 1. The Bertz CT molecular complexity index is 721. The van der Waals surface area contributed by atoms with Crippen LogP contribution in [0.1, 0.15) is 17.3 Å². The summed E-state index contributed by atoms with van der Waals surface area (Å²) in [6.07, 6.45) is 0. The van der Waals surface area contributed by atoms with E-state index in [1.807, 2.05) is 0 Å². The summed E-state index contributed by atoms with van der Waals surface area (Å²) in [6, 6.07) is 3.63. The first kappa shape index (κ1) is 13.1. The van der Waals surface area contributed by atoms with Gasteiger partial charge in [0.1, 0.15) is 11.4 Å². The van der Waals surface area contributed by atoms with Crippen LogP contribution in [0.4, 0.5) is 4.39 Å². The molecule has 19 heavy (non-hydrogen) atoms. The molecule has 0 saturated heterocycles. The maximum atomic E-state index is 13.3. The first-order valence-electron chi connectivity index (χ1n) is 5.65. The summed E-state index contributed by atoms with van der Waals surface area (Å²) in [5, 5.41) is 9.94. The second kappa shape index (κ2) is 4.72. The number of aromatic nitrogens is 1. The van der Waals surface area contributed by atoms with Crippen molar-refractivity contribution in [1.29, 1.82) is 0 Å². The number of esters is 1. The number of hydrogen-bond donors (Lipinski definition) is 1. The molecule has 0 amide bonds. The second-order valence-electron chi connectivity index (χ2n) is 3.97. The maximum absolute atomic E-state index is 13.3. The molecule has 0 atom stereocenters. The molecule has 0 aliphatic rings. The minimum absolute atomic E-state index is 0.0876. The lowest BCUT2D eigenvalue weighted by atomic mass is 10.1. The van der Waals surface area contributed by atoms with Gasteiger partial charge in [-0.15, -0.1) is 0 Å². The molecular formula is C13H12FNO4. The highest BCUT2D eigenvalue weighted by Crippen LogP contribution is 2.25. The van der Waals surface area contributed by atoms with Gasteiger partial charge in [0, 0.05) is 12.4 Å². The Kier molecular flexibility index (Phi) is 3.25. The van der Waals surface area contributed by atoms with Gasteiger partial charge >= 0.3 is 5.97 Å². The normalized spacial score (nSPS) is 10.7. The number of fused-ring (bicyclic) bond motifs is 1. The predicted octanol–water partition coefficient (Wildman–Crippen LogP) is 1.56. The van der Waals surface area contributed by atoms with Crippen molar-refractivity contribution >= 4 is 16.9 Å². The molecule has 1 aromatic heterocycles. The first-order valence-corrected chi connectivity index (χ1v) is 5.65. The van der Waals surface area contributed by atoms with Gasteiger partial charge < -0.3 is 14.4 Å². The van der Waals surface area contributed by atoms with E-state index in [1.54, 1.807) is 6.92 Å². The monoisotopic (exact) mass is 265 g/mol. The van der Waals surface area contributed by atoms with Gasteiger partial charge in [-0.2, -0.15) is 0 Å². The quantitative estimate of drug-likeness (QED) is 0.837. The molecule has 0 aliphatic heterocycles. The minimum atomic E-state index is -0.853. The minimum Gasteiger partial charge on any atom is -0.502 e. The largest absolute Gasteiger partial charge is 0.502 e. The fourth-order valence-electron chi connectivity index (χ4n) is 1.91. The highest BCUT2D eigenvalue weighted by atomic mass is 19.1. The van der Waals surface area contributed by atoms with Gasteiger partial charge in [0.05, 0.1) is 12.1 Å². The fourth-order valence-corrected chi connectivity index (χ4v) is 1.91. The summed E-state index contributed by atoms with van der Waals surface area (Å²) in [5.41, 5.74) is -0.700. The third-order valence-corrected chi connectivity index (χ3v) is 2.81. The summed E-state index contributed by atoms with van der Waals surface area (Å²) in [7, 11) is 1.43. The summed E-state index contributed by atoms with van der Waals surface area (Å²) in [6.45, 7) is 1.68. The average molecular weight is 265 g/mol. The summed E-state index contributed by atoms with van der Waals surface area (Å²) >= 11 is 0.